The molecule has 2 unspecified atom stereocenters. The molecule has 37 heavy (non-hydrogen) atoms. The highest BCUT2D eigenvalue weighted by Crippen LogP contribution is 2.47. The van der Waals surface area contributed by atoms with Crippen LogP contribution in [0.3, 0.4) is 0 Å². The van der Waals surface area contributed by atoms with Gasteiger partial charge in [-0.25, -0.2) is 9.97 Å². The van der Waals surface area contributed by atoms with Gasteiger partial charge in [0, 0.05) is 53.3 Å². The van der Waals surface area contributed by atoms with Crippen molar-refractivity contribution in [2.75, 3.05) is 19.5 Å². The van der Waals surface area contributed by atoms with Crippen LogP contribution in [-0.2, 0) is 4.79 Å². The molecule has 1 fully saturated rings. The van der Waals surface area contributed by atoms with E-state index in [1.807, 2.05) is 16.7 Å². The zero-order valence-electron chi connectivity index (χ0n) is 20.4. The van der Waals surface area contributed by atoms with E-state index in [2.05, 4.69) is 27.2 Å². The van der Waals surface area contributed by atoms with Gasteiger partial charge in [-0.1, -0.05) is 42.6 Å². The topological polar surface area (TPSA) is 103 Å². The number of hydrogen-bond donors (Lipinski definition) is 2. The van der Waals surface area contributed by atoms with Gasteiger partial charge in [-0.15, -0.1) is 0 Å². The highest BCUT2D eigenvalue weighted by atomic mass is 35.5. The fourth-order valence-electron chi connectivity index (χ4n) is 4.83. The number of imidazole rings is 1. The minimum absolute atomic E-state index is 0.00881. The van der Waals surface area contributed by atoms with Gasteiger partial charge in [0.2, 0.25) is 11.9 Å². The predicted octanol–water partition coefficient (Wildman–Crippen LogP) is 5.29. The predicted molar refractivity (Wildman–Crippen MR) is 145 cm³/mol. The van der Waals surface area contributed by atoms with Crippen LogP contribution in [0.1, 0.15) is 25.7 Å². The second kappa shape index (κ2) is 10.4. The van der Waals surface area contributed by atoms with Gasteiger partial charge in [0.05, 0.1) is 24.3 Å². The Morgan fingerprint density at radius 2 is 1.78 bits per heavy atom. The smallest absolute Gasteiger partial charge is 0.243 e. The Morgan fingerprint density at radius 3 is 2.46 bits per heavy atom. The first-order valence-electron chi connectivity index (χ1n) is 11.9. The van der Waals surface area contributed by atoms with Crippen LogP contribution in [0.25, 0.3) is 27.8 Å². The van der Waals surface area contributed by atoms with Gasteiger partial charge >= 0.3 is 0 Å². The number of nitrogens with zero attached hydrogens (tertiary/aromatic N) is 4. The summed E-state index contributed by atoms with van der Waals surface area (Å²) in [7, 11) is 3.07. The standard InChI is InChI=1S/C26H26Cl2N6O3/c1-4-20(35)31-16-7-5-6-8-17(16)32-26-30-13-14-11-15(25-29-9-10-34(25)24(14)33-26)21-22(27)18(36-2)12-19(37-3)23(21)28/h4,9-13,16-17H,1,5-8H2,2-3H3,(H,31,35)(H,30,32,33). The number of amides is 1. The van der Waals surface area contributed by atoms with Crippen molar-refractivity contribution in [2.45, 2.75) is 37.8 Å². The van der Waals surface area contributed by atoms with Gasteiger partial charge in [0.15, 0.2) is 5.65 Å². The molecule has 0 bridgehead atoms. The summed E-state index contributed by atoms with van der Waals surface area (Å²) in [6.07, 6.45) is 10.4. The molecule has 2 N–H and O–H groups in total. The molecule has 3 aromatic heterocycles. The summed E-state index contributed by atoms with van der Waals surface area (Å²) in [5, 5.41) is 7.91. The van der Waals surface area contributed by atoms with E-state index < -0.39 is 0 Å². The van der Waals surface area contributed by atoms with Crippen LogP contribution in [-0.4, -0.2) is 51.6 Å². The maximum atomic E-state index is 11.9. The Bertz CT molecular complexity index is 1480. The molecule has 1 aliphatic rings. The molecule has 0 saturated heterocycles. The minimum Gasteiger partial charge on any atom is -0.495 e. The van der Waals surface area contributed by atoms with Gasteiger partial charge in [-0.2, -0.15) is 4.98 Å². The van der Waals surface area contributed by atoms with E-state index in [0.717, 1.165) is 31.1 Å². The van der Waals surface area contributed by atoms with Crippen LogP contribution in [0.2, 0.25) is 10.0 Å². The third kappa shape index (κ3) is 4.65. The normalized spacial score (nSPS) is 17.5. The lowest BCUT2D eigenvalue weighted by Gasteiger charge is -2.32. The third-order valence-corrected chi connectivity index (χ3v) is 7.39. The van der Waals surface area contributed by atoms with E-state index in [4.69, 9.17) is 37.7 Å². The Morgan fingerprint density at radius 1 is 1.08 bits per heavy atom. The first-order valence-corrected chi connectivity index (χ1v) is 12.6. The van der Waals surface area contributed by atoms with Crippen molar-refractivity contribution in [3.8, 4) is 22.6 Å². The number of hydrogen-bond acceptors (Lipinski definition) is 7. The molecule has 192 valence electrons. The number of carbonyl (C=O) groups is 1. The molecule has 11 heteroatoms. The molecule has 2 atom stereocenters. The summed E-state index contributed by atoms with van der Waals surface area (Å²) >= 11 is 13.4. The number of ether oxygens (including phenoxy) is 2. The molecule has 9 nitrogen and oxygen atoms in total. The molecule has 1 aromatic carbocycles. The average molecular weight is 541 g/mol. The largest absolute Gasteiger partial charge is 0.495 e. The molecular weight excluding hydrogens is 515 g/mol. The monoisotopic (exact) mass is 540 g/mol. The zero-order valence-corrected chi connectivity index (χ0v) is 21.9. The van der Waals surface area contributed by atoms with Crippen molar-refractivity contribution in [2.24, 2.45) is 0 Å². The van der Waals surface area contributed by atoms with Crippen molar-refractivity contribution in [1.82, 2.24) is 24.7 Å². The average Bonchev–Trinajstić information content (AvgIpc) is 3.41. The van der Waals surface area contributed by atoms with Gasteiger partial charge in [-0.05, 0) is 25.0 Å². The van der Waals surface area contributed by atoms with E-state index in [9.17, 15) is 4.79 Å². The van der Waals surface area contributed by atoms with Crippen molar-refractivity contribution in [3.05, 3.63) is 53.4 Å². The van der Waals surface area contributed by atoms with Gasteiger partial charge in [0.1, 0.15) is 17.1 Å². The summed E-state index contributed by atoms with van der Waals surface area (Å²) < 4.78 is 12.8. The van der Waals surface area contributed by atoms with Gasteiger partial charge < -0.3 is 20.1 Å². The molecule has 4 aromatic rings. The van der Waals surface area contributed by atoms with Crippen molar-refractivity contribution < 1.29 is 14.3 Å². The molecule has 3 heterocycles. The molecule has 0 spiro atoms. The van der Waals surface area contributed by atoms with Crippen LogP contribution < -0.4 is 20.1 Å². The lowest BCUT2D eigenvalue weighted by Crippen LogP contribution is -2.48. The molecule has 1 saturated carbocycles. The van der Waals surface area contributed by atoms with Crippen LogP contribution in [0.15, 0.2) is 43.4 Å². The maximum Gasteiger partial charge on any atom is 0.243 e. The van der Waals surface area contributed by atoms with Crippen molar-refractivity contribution >= 4 is 51.7 Å². The van der Waals surface area contributed by atoms with Crippen LogP contribution in [0.5, 0.6) is 11.5 Å². The van der Waals surface area contributed by atoms with E-state index in [1.54, 1.807) is 18.5 Å². The summed E-state index contributed by atoms with van der Waals surface area (Å²) in [6, 6.07) is 3.53. The molecule has 1 aliphatic carbocycles. The van der Waals surface area contributed by atoms with Crippen molar-refractivity contribution in [3.63, 3.8) is 0 Å². The number of fused-ring (bicyclic) bond motifs is 3. The van der Waals surface area contributed by atoms with E-state index in [1.165, 1.54) is 20.3 Å². The van der Waals surface area contributed by atoms with Crippen molar-refractivity contribution in [1.29, 1.82) is 0 Å². The molecule has 0 aliphatic heterocycles. The second-order valence-corrected chi connectivity index (χ2v) is 9.55. The number of nitrogens with one attached hydrogen (secondary N) is 2. The lowest BCUT2D eigenvalue weighted by atomic mass is 9.90. The first kappa shape index (κ1) is 25.1. The van der Waals surface area contributed by atoms with E-state index in [0.29, 0.717) is 49.9 Å². The first-order chi connectivity index (χ1) is 17.9. The Kier molecular flexibility index (Phi) is 7.08. The second-order valence-electron chi connectivity index (χ2n) is 8.79. The summed E-state index contributed by atoms with van der Waals surface area (Å²) in [5.74, 6) is 1.16. The van der Waals surface area contributed by atoms with E-state index >= 15 is 0 Å². The lowest BCUT2D eigenvalue weighted by molar-refractivity contribution is -0.117. The highest BCUT2D eigenvalue weighted by Gasteiger charge is 2.27. The molecular formula is C26H26Cl2N6O3. The fraction of sp³-hybridized carbons (Fsp3) is 0.308. The van der Waals surface area contributed by atoms with Gasteiger partial charge in [-0.3, -0.25) is 9.20 Å². The van der Waals surface area contributed by atoms with E-state index in [-0.39, 0.29) is 18.0 Å². The quantitative estimate of drug-likeness (QED) is 0.307. The zero-order chi connectivity index (χ0) is 26.1. The number of anilines is 1. The Balaban J connectivity index is 1.58. The Labute approximate surface area is 223 Å². The number of benzene rings is 1. The summed E-state index contributed by atoms with van der Waals surface area (Å²) in [5.41, 5.74) is 2.51. The number of pyridine rings is 1. The number of carbonyl (C=O) groups excluding carboxylic acids is 1. The van der Waals surface area contributed by atoms with Gasteiger partial charge in [0.25, 0.3) is 0 Å². The van der Waals surface area contributed by atoms with Crippen LogP contribution in [0, 0.1) is 0 Å². The third-order valence-electron chi connectivity index (χ3n) is 6.64. The Hall–Kier alpha value is -3.56. The highest BCUT2D eigenvalue weighted by molar-refractivity contribution is 6.41. The fourth-order valence-corrected chi connectivity index (χ4v) is 5.53. The van der Waals surface area contributed by atoms with Crippen LogP contribution in [0.4, 0.5) is 5.95 Å². The number of halogens is 2. The molecule has 0 radical (unpaired) electrons. The maximum absolute atomic E-state index is 11.9. The molecule has 5 rings (SSSR count). The minimum atomic E-state index is -0.183. The SMILES string of the molecule is C=CC(=O)NC1CCCCC1Nc1ncc2cc(-c3c(Cl)c(OC)cc(OC)c3Cl)c3nccn3c2n1. The number of rotatable bonds is 7. The molecule has 1 amide bonds. The summed E-state index contributed by atoms with van der Waals surface area (Å²) in [4.78, 5) is 25.9. The van der Waals surface area contributed by atoms with Crippen LogP contribution >= 0.6 is 23.2 Å². The number of aromatic nitrogens is 4. The number of methoxy groups -OCH3 is 2. The summed E-state index contributed by atoms with van der Waals surface area (Å²) in [6.45, 7) is 3.56.